The van der Waals surface area contributed by atoms with Crippen LogP contribution in [0, 0.1) is 0 Å². The molecule has 0 atom stereocenters. The summed E-state index contributed by atoms with van der Waals surface area (Å²) in [5, 5.41) is 9.22. The number of hydrogen-bond acceptors (Lipinski definition) is 8. The molecule has 0 aliphatic carbocycles. The second-order valence-electron chi connectivity index (χ2n) is 28.1. The third-order valence-corrected chi connectivity index (χ3v) is 21.3. The molecule has 0 bridgehead atoms. The molecular formula is C102H64N8O2. The van der Waals surface area contributed by atoms with Crippen LogP contribution in [0.4, 0.5) is 0 Å². The summed E-state index contributed by atoms with van der Waals surface area (Å²) in [6.07, 6.45) is 0. The van der Waals surface area contributed by atoms with Gasteiger partial charge in [0.25, 0.3) is 0 Å². The Kier molecular flexibility index (Phi) is 16.0. The van der Waals surface area contributed by atoms with Crippen molar-refractivity contribution < 1.29 is 8.83 Å². The zero-order valence-corrected chi connectivity index (χ0v) is 60.3. The largest absolute Gasteiger partial charge is 0.455 e. The van der Waals surface area contributed by atoms with Crippen LogP contribution in [0.15, 0.2) is 397 Å². The van der Waals surface area contributed by atoms with Crippen LogP contribution in [0.3, 0.4) is 0 Å². The van der Waals surface area contributed by atoms with Gasteiger partial charge in [0.15, 0.2) is 34.9 Å². The number of aromatic nitrogens is 8. The van der Waals surface area contributed by atoms with Crippen molar-refractivity contribution in [2.75, 3.05) is 0 Å². The van der Waals surface area contributed by atoms with Gasteiger partial charge in [0, 0.05) is 99.0 Å². The summed E-state index contributed by atoms with van der Waals surface area (Å²) >= 11 is 0. The lowest BCUT2D eigenvalue weighted by Gasteiger charge is -2.12. The molecule has 10 heteroatoms. The molecule has 10 nitrogen and oxygen atoms in total. The summed E-state index contributed by atoms with van der Waals surface area (Å²) in [6, 6.07) is 135. The van der Waals surface area contributed by atoms with Crippen LogP contribution in [0.5, 0.6) is 0 Å². The minimum absolute atomic E-state index is 0.613. The molecule has 16 aromatic carbocycles. The van der Waals surface area contributed by atoms with Crippen LogP contribution in [-0.4, -0.2) is 39.0 Å². The Morgan fingerprint density at radius 1 is 0.170 bits per heavy atom. The number of rotatable bonds is 12. The average Bonchev–Trinajstić information content (AvgIpc) is 1.59. The fraction of sp³-hybridized carbons (Fsp3) is 0. The molecule has 0 saturated carbocycles. The fourth-order valence-electron chi connectivity index (χ4n) is 16.0. The van der Waals surface area contributed by atoms with Gasteiger partial charge in [0.2, 0.25) is 0 Å². The summed E-state index contributed by atoms with van der Waals surface area (Å²) in [5.41, 5.74) is 24.6. The smallest absolute Gasteiger partial charge is 0.164 e. The molecule has 0 aliphatic heterocycles. The van der Waals surface area contributed by atoms with E-state index in [-0.39, 0.29) is 0 Å². The molecule has 6 aromatic heterocycles. The molecule has 0 fully saturated rings. The Bertz CT molecular complexity index is 7260. The lowest BCUT2D eigenvalue weighted by molar-refractivity contribution is 0.669. The molecule has 6 heterocycles. The summed E-state index contributed by atoms with van der Waals surface area (Å²) in [6.45, 7) is 0. The van der Waals surface area contributed by atoms with Gasteiger partial charge in [-0.1, -0.05) is 322 Å². The minimum atomic E-state index is 0.613. The predicted octanol–water partition coefficient (Wildman–Crippen LogP) is 26.4. The van der Waals surface area contributed by atoms with Crippen LogP contribution < -0.4 is 0 Å². The number of hydrogen-bond donors (Lipinski definition) is 0. The normalized spacial score (nSPS) is 11.6. The third-order valence-electron chi connectivity index (χ3n) is 21.3. The third kappa shape index (κ3) is 11.7. The van der Waals surface area contributed by atoms with Gasteiger partial charge in [-0.25, -0.2) is 29.9 Å². The van der Waals surface area contributed by atoms with Crippen LogP contribution in [0.2, 0.25) is 0 Å². The molecule has 112 heavy (non-hydrogen) atoms. The minimum Gasteiger partial charge on any atom is -0.455 e. The molecule has 0 unspecified atom stereocenters. The van der Waals surface area contributed by atoms with Crippen molar-refractivity contribution in [3.8, 4) is 124 Å². The van der Waals surface area contributed by atoms with E-state index in [1.165, 1.54) is 27.1 Å². The first-order valence-electron chi connectivity index (χ1n) is 37.5. The van der Waals surface area contributed by atoms with E-state index in [9.17, 15) is 0 Å². The molecule has 0 saturated heterocycles. The number of nitrogens with zero attached hydrogens (tertiary/aromatic N) is 8. The summed E-state index contributed by atoms with van der Waals surface area (Å²) in [4.78, 5) is 30.0. The van der Waals surface area contributed by atoms with Crippen LogP contribution >= 0.6 is 0 Å². The predicted molar refractivity (Wildman–Crippen MR) is 457 cm³/mol. The van der Waals surface area contributed by atoms with E-state index < -0.39 is 0 Å². The average molecular weight is 1430 g/mol. The molecule has 22 aromatic rings. The van der Waals surface area contributed by atoms with Gasteiger partial charge in [0.1, 0.15) is 22.3 Å². The zero-order chi connectivity index (χ0) is 74.0. The summed E-state index contributed by atoms with van der Waals surface area (Å²) in [7, 11) is 0. The van der Waals surface area contributed by atoms with Crippen molar-refractivity contribution in [1.82, 2.24) is 39.0 Å². The Labute approximate surface area is 643 Å². The highest BCUT2D eigenvalue weighted by atomic mass is 16.3. The Morgan fingerprint density at radius 3 is 0.911 bits per heavy atom. The van der Waals surface area contributed by atoms with E-state index >= 15 is 0 Å². The molecule has 0 spiro atoms. The lowest BCUT2D eigenvalue weighted by atomic mass is 9.97. The van der Waals surface area contributed by atoms with Crippen molar-refractivity contribution in [3.63, 3.8) is 0 Å². The number of para-hydroxylation sites is 5. The fourth-order valence-corrected chi connectivity index (χ4v) is 16.0. The van der Waals surface area contributed by atoms with E-state index in [1.807, 2.05) is 146 Å². The molecule has 0 amide bonds. The van der Waals surface area contributed by atoms with Gasteiger partial charge >= 0.3 is 0 Å². The van der Waals surface area contributed by atoms with Crippen molar-refractivity contribution in [2.24, 2.45) is 0 Å². The topological polar surface area (TPSA) is 113 Å². The first-order valence-corrected chi connectivity index (χ1v) is 37.5. The summed E-state index contributed by atoms with van der Waals surface area (Å²) < 4.78 is 17.7. The number of furan rings is 2. The first kappa shape index (κ1) is 65.1. The summed E-state index contributed by atoms with van der Waals surface area (Å²) in [5.74, 6) is 3.78. The van der Waals surface area contributed by atoms with Crippen LogP contribution in [0.25, 0.3) is 212 Å². The maximum atomic E-state index is 6.51. The quantitative estimate of drug-likeness (QED) is 0.119. The molecule has 22 rings (SSSR count). The Balaban J connectivity index is 0.000000141. The van der Waals surface area contributed by atoms with Crippen LogP contribution in [0.1, 0.15) is 0 Å². The zero-order valence-electron chi connectivity index (χ0n) is 60.3. The molecule has 0 aliphatic rings. The van der Waals surface area contributed by atoms with Gasteiger partial charge in [0.05, 0.1) is 22.1 Å². The van der Waals surface area contributed by atoms with Gasteiger partial charge < -0.3 is 18.0 Å². The van der Waals surface area contributed by atoms with E-state index in [2.05, 4.69) is 252 Å². The van der Waals surface area contributed by atoms with Gasteiger partial charge in [-0.05, 0) is 100 Å². The standard InChI is InChI=1S/2C51H32N4O/c1-4-14-33(15-5-1)36-26-28-41-42-29-27-37(40-23-13-24-44-43-22-10-11-25-47(43)56-48(40)44)32-46(42)55(45(41)31-36)39-21-12-20-38(30-39)51-53-49(34-16-6-2-7-17-34)52-50(54-51)35-18-8-3-9-19-35;1-3-14-33(15-4-1)49-52-50(34-16-5-2-6-17-34)54-51(53-49)38-20-12-21-39(31-38)55-45-26-9-7-22-41(45)42-29-28-36(32-46(42)55)35-18-11-19-37(30-35)40-24-13-25-44-43-23-8-10-27-47(43)56-48(40)44/h2*1-32H. The van der Waals surface area contributed by atoms with Crippen molar-refractivity contribution in [1.29, 1.82) is 0 Å². The SMILES string of the molecule is c1ccc(-c2ccc3c4ccc(-c5cccc6c5oc5ccccc56)cc4n(-c4cccc(-c5nc(-c6ccccc6)nc(-c6ccccc6)n5)c4)c3c2)cc1.c1ccc(-c2nc(-c3ccccc3)nc(-c3cccc(-n4c5ccccc5c5ccc(-c6cccc(-c7cccc8c7oc7ccccc78)c6)cc54)c3)n2)cc1. The van der Waals surface area contributed by atoms with E-state index in [0.717, 1.165) is 150 Å². The van der Waals surface area contributed by atoms with Crippen molar-refractivity contribution in [3.05, 3.63) is 388 Å². The van der Waals surface area contributed by atoms with Crippen LogP contribution in [-0.2, 0) is 0 Å². The van der Waals surface area contributed by atoms with Crippen molar-refractivity contribution >= 4 is 87.5 Å². The highest BCUT2D eigenvalue weighted by molar-refractivity contribution is 6.15. The Hall–Kier alpha value is -15.3. The van der Waals surface area contributed by atoms with Gasteiger partial charge in [-0.3, -0.25) is 0 Å². The molecule has 0 radical (unpaired) electrons. The second-order valence-corrected chi connectivity index (χ2v) is 28.1. The highest BCUT2D eigenvalue weighted by Crippen LogP contribution is 2.44. The molecular weight excluding hydrogens is 1370 g/mol. The molecule has 0 N–H and O–H groups in total. The van der Waals surface area contributed by atoms with Crippen molar-refractivity contribution in [2.45, 2.75) is 0 Å². The lowest BCUT2D eigenvalue weighted by Crippen LogP contribution is -2.01. The van der Waals surface area contributed by atoms with E-state index in [0.29, 0.717) is 34.9 Å². The van der Waals surface area contributed by atoms with E-state index in [1.54, 1.807) is 0 Å². The van der Waals surface area contributed by atoms with E-state index in [4.69, 9.17) is 38.7 Å². The maximum Gasteiger partial charge on any atom is 0.164 e. The first-order chi connectivity index (χ1) is 55.5. The Morgan fingerprint density at radius 2 is 0.455 bits per heavy atom. The van der Waals surface area contributed by atoms with Gasteiger partial charge in [-0.2, -0.15) is 0 Å². The monoisotopic (exact) mass is 1430 g/mol. The molecule has 524 valence electrons. The number of fused-ring (bicyclic) bond motifs is 12. The highest BCUT2D eigenvalue weighted by Gasteiger charge is 2.23. The maximum absolute atomic E-state index is 6.51. The number of benzene rings is 16. The van der Waals surface area contributed by atoms with Gasteiger partial charge in [-0.15, -0.1) is 0 Å². The second kappa shape index (κ2) is 27.5.